The van der Waals surface area contributed by atoms with Gasteiger partial charge in [-0.1, -0.05) is 42.5 Å². The van der Waals surface area contributed by atoms with Gasteiger partial charge in [-0.25, -0.2) is 0 Å². The SMILES string of the molecule is COc1ccc(CN2Cc3c(c4c5ccccc5n5c4c4c3c3ccccc3n4[C@@]3(C)O[C@@H]5[C@H](O)[C@H](O)[C@H]3OC)C2=O)cc1OC. The van der Waals surface area contributed by atoms with Gasteiger partial charge in [-0.15, -0.1) is 0 Å². The Morgan fingerprint density at radius 2 is 1.57 bits per heavy atom. The largest absolute Gasteiger partial charge is 0.493 e. The Morgan fingerprint density at radius 1 is 0.870 bits per heavy atom. The van der Waals surface area contributed by atoms with Gasteiger partial charge in [0, 0.05) is 41.7 Å². The lowest BCUT2D eigenvalue weighted by Crippen LogP contribution is -2.62. The number of hydrogen-bond donors (Lipinski definition) is 2. The minimum absolute atomic E-state index is 0.0684. The van der Waals surface area contributed by atoms with Crippen LogP contribution in [0.1, 0.15) is 34.6 Å². The van der Waals surface area contributed by atoms with E-state index in [9.17, 15) is 15.0 Å². The molecule has 3 aliphatic heterocycles. The molecule has 10 heteroatoms. The highest BCUT2D eigenvalue weighted by atomic mass is 16.6. The highest BCUT2D eigenvalue weighted by molar-refractivity contribution is 6.31. The first-order chi connectivity index (χ1) is 22.3. The maximum atomic E-state index is 14.7. The van der Waals surface area contributed by atoms with Gasteiger partial charge in [0.25, 0.3) is 5.91 Å². The molecule has 1 amide bonds. The first-order valence-electron chi connectivity index (χ1n) is 15.4. The molecule has 0 unspecified atom stereocenters. The molecule has 2 N–H and O–H groups in total. The number of carbonyl (C=O) groups excluding carboxylic acids is 1. The molecule has 10 nitrogen and oxygen atoms in total. The van der Waals surface area contributed by atoms with E-state index in [1.807, 2.05) is 77.1 Å². The van der Waals surface area contributed by atoms with Crippen molar-refractivity contribution in [1.29, 1.82) is 0 Å². The number of carbonyl (C=O) groups is 1. The van der Waals surface area contributed by atoms with Crippen LogP contribution in [-0.4, -0.2) is 69.8 Å². The van der Waals surface area contributed by atoms with Crippen molar-refractivity contribution in [3.63, 3.8) is 0 Å². The van der Waals surface area contributed by atoms with Crippen molar-refractivity contribution in [2.24, 2.45) is 0 Å². The summed E-state index contributed by atoms with van der Waals surface area (Å²) >= 11 is 0. The molecule has 5 heterocycles. The fourth-order valence-corrected chi connectivity index (χ4v) is 8.45. The molecule has 0 saturated carbocycles. The monoisotopic (exact) mass is 619 g/mol. The fourth-order valence-electron chi connectivity index (χ4n) is 8.45. The predicted octanol–water partition coefficient (Wildman–Crippen LogP) is 5.03. The summed E-state index contributed by atoms with van der Waals surface area (Å²) in [4.78, 5) is 16.5. The van der Waals surface area contributed by atoms with E-state index in [0.717, 1.165) is 54.7 Å². The van der Waals surface area contributed by atoms with Crippen molar-refractivity contribution in [3.8, 4) is 11.5 Å². The van der Waals surface area contributed by atoms with Crippen molar-refractivity contribution >= 4 is 49.5 Å². The van der Waals surface area contributed by atoms with Crippen molar-refractivity contribution in [2.45, 2.75) is 50.3 Å². The van der Waals surface area contributed by atoms with Crippen LogP contribution in [0.2, 0.25) is 0 Å². The number of benzene rings is 4. The molecular formula is C36H33N3O7. The summed E-state index contributed by atoms with van der Waals surface area (Å²) < 4.78 is 27.9. The van der Waals surface area contributed by atoms with Crippen molar-refractivity contribution in [3.05, 3.63) is 83.4 Å². The summed E-state index contributed by atoms with van der Waals surface area (Å²) in [7, 11) is 4.73. The third-order valence-electron chi connectivity index (χ3n) is 10.3. The first-order valence-corrected chi connectivity index (χ1v) is 15.4. The molecule has 0 radical (unpaired) electrons. The van der Waals surface area contributed by atoms with Crippen molar-refractivity contribution in [2.75, 3.05) is 21.3 Å². The molecule has 1 fully saturated rings. The van der Waals surface area contributed by atoms with E-state index in [1.54, 1.807) is 14.2 Å². The van der Waals surface area contributed by atoms with Crippen LogP contribution in [0.25, 0.3) is 43.6 Å². The molecule has 0 spiro atoms. The molecule has 2 aromatic heterocycles. The average molecular weight is 620 g/mol. The summed E-state index contributed by atoms with van der Waals surface area (Å²) in [5.41, 5.74) is 4.72. The quantitative estimate of drug-likeness (QED) is 0.279. The highest BCUT2D eigenvalue weighted by Gasteiger charge is 2.57. The number of ether oxygens (including phenoxy) is 4. The normalized spacial score (nSPS) is 25.3. The van der Waals surface area contributed by atoms with Gasteiger partial charge in [0.15, 0.2) is 23.5 Å². The number of fused-ring (bicyclic) bond motifs is 13. The van der Waals surface area contributed by atoms with Gasteiger partial charge >= 0.3 is 0 Å². The molecule has 46 heavy (non-hydrogen) atoms. The Kier molecular flexibility index (Phi) is 5.69. The predicted molar refractivity (Wildman–Crippen MR) is 172 cm³/mol. The van der Waals surface area contributed by atoms with Crippen LogP contribution in [0.3, 0.4) is 0 Å². The van der Waals surface area contributed by atoms with Gasteiger partial charge in [0.1, 0.15) is 18.3 Å². The van der Waals surface area contributed by atoms with Crippen LogP contribution in [0.4, 0.5) is 0 Å². The first kappa shape index (κ1) is 27.7. The molecule has 4 aromatic carbocycles. The van der Waals surface area contributed by atoms with Crippen LogP contribution in [0, 0.1) is 0 Å². The zero-order valence-electron chi connectivity index (χ0n) is 25.9. The zero-order chi connectivity index (χ0) is 31.6. The number of amides is 1. The third kappa shape index (κ3) is 3.26. The maximum absolute atomic E-state index is 14.7. The lowest BCUT2D eigenvalue weighted by molar-refractivity contribution is -0.314. The van der Waals surface area contributed by atoms with Gasteiger partial charge in [-0.2, -0.15) is 0 Å². The van der Waals surface area contributed by atoms with Crippen LogP contribution in [0.15, 0.2) is 66.7 Å². The van der Waals surface area contributed by atoms with Gasteiger partial charge in [0.05, 0.1) is 41.8 Å². The smallest absolute Gasteiger partial charge is 0.255 e. The van der Waals surface area contributed by atoms with Crippen LogP contribution in [0.5, 0.6) is 11.5 Å². The minimum Gasteiger partial charge on any atom is -0.493 e. The second-order valence-electron chi connectivity index (χ2n) is 12.6. The molecule has 234 valence electrons. The Bertz CT molecular complexity index is 2270. The summed E-state index contributed by atoms with van der Waals surface area (Å²) in [6, 6.07) is 21.7. The Labute approximate surface area is 263 Å². The molecular weight excluding hydrogens is 586 g/mol. The van der Waals surface area contributed by atoms with Crippen molar-refractivity contribution < 1.29 is 34.0 Å². The van der Waals surface area contributed by atoms with Gasteiger partial charge in [-0.3, -0.25) is 4.79 Å². The standard InChI is InChI=1S/C36H33N3O7/c1-36-33(45-4)31(40)32(41)35(46-36)38-22-11-7-5-9-19(22)27-28-21(26-20-10-6-8-12-23(20)39(36)30(26)29(27)38)17-37(34(28)42)16-18-13-14-24(43-2)25(15-18)44-3/h5-15,31-33,35,40-41H,16-17H2,1-4H3/t31-,32+,33+,35+,36-/m0/s1. The number of nitrogens with zero attached hydrogens (tertiary/aromatic N) is 3. The van der Waals surface area contributed by atoms with E-state index >= 15 is 0 Å². The number of para-hydroxylation sites is 2. The molecule has 0 aliphatic carbocycles. The summed E-state index contributed by atoms with van der Waals surface area (Å²) in [6.07, 6.45) is -4.33. The molecule has 2 bridgehead atoms. The average Bonchev–Trinajstić information content (AvgIpc) is 3.68. The second-order valence-corrected chi connectivity index (χ2v) is 12.6. The number of hydrogen-bond acceptors (Lipinski definition) is 7. The third-order valence-corrected chi connectivity index (χ3v) is 10.3. The van der Waals surface area contributed by atoms with Crippen molar-refractivity contribution in [1.82, 2.24) is 14.0 Å². The summed E-state index contributed by atoms with van der Waals surface area (Å²) in [5, 5.41) is 26.8. The summed E-state index contributed by atoms with van der Waals surface area (Å²) in [5.74, 6) is 1.17. The number of methoxy groups -OCH3 is 3. The molecule has 5 atom stereocenters. The van der Waals surface area contributed by atoms with Crippen LogP contribution >= 0.6 is 0 Å². The van der Waals surface area contributed by atoms with E-state index in [2.05, 4.69) is 10.6 Å². The lowest BCUT2D eigenvalue weighted by Gasteiger charge is -2.48. The molecule has 3 aliphatic rings. The summed E-state index contributed by atoms with van der Waals surface area (Å²) in [6.45, 7) is 2.70. The number of rotatable bonds is 5. The van der Waals surface area contributed by atoms with Crippen LogP contribution < -0.4 is 9.47 Å². The minimum atomic E-state index is -1.28. The number of aromatic nitrogens is 2. The molecule has 9 rings (SSSR count). The van der Waals surface area contributed by atoms with Crippen LogP contribution in [-0.2, 0) is 28.3 Å². The van der Waals surface area contributed by atoms with Gasteiger partial charge in [0.2, 0.25) is 0 Å². The van der Waals surface area contributed by atoms with E-state index in [-0.39, 0.29) is 5.91 Å². The molecule has 6 aromatic rings. The lowest BCUT2D eigenvalue weighted by atomic mass is 9.93. The Morgan fingerprint density at radius 3 is 2.28 bits per heavy atom. The zero-order valence-corrected chi connectivity index (χ0v) is 25.9. The number of aliphatic hydroxyl groups excluding tert-OH is 2. The Hall–Kier alpha value is -4.61. The topological polar surface area (TPSA) is 108 Å². The fraction of sp³-hybridized carbons (Fsp3) is 0.306. The van der Waals surface area contributed by atoms with Gasteiger partial charge in [-0.05, 0) is 42.3 Å². The molecule has 1 saturated heterocycles. The Balaban J connectivity index is 1.40. The highest BCUT2D eigenvalue weighted by Crippen LogP contribution is 2.54. The maximum Gasteiger partial charge on any atom is 0.255 e. The second kappa shape index (κ2) is 9.46. The van der Waals surface area contributed by atoms with E-state index < -0.39 is 30.3 Å². The van der Waals surface area contributed by atoms with E-state index in [1.165, 1.54) is 7.11 Å². The van der Waals surface area contributed by atoms with E-state index in [4.69, 9.17) is 18.9 Å². The van der Waals surface area contributed by atoms with Gasteiger partial charge < -0.3 is 43.2 Å². The number of aliphatic hydroxyl groups is 2. The van der Waals surface area contributed by atoms with E-state index in [0.29, 0.717) is 30.2 Å².